The van der Waals surface area contributed by atoms with E-state index in [0.717, 1.165) is 54.3 Å². The lowest BCUT2D eigenvalue weighted by Crippen LogP contribution is -2.38. The van der Waals surface area contributed by atoms with Gasteiger partial charge in [-0.2, -0.15) is 0 Å². The van der Waals surface area contributed by atoms with Crippen molar-refractivity contribution in [3.05, 3.63) is 59.6 Å². The fourth-order valence-electron chi connectivity index (χ4n) is 4.42. The number of nitrogens with zero attached hydrogens (tertiary/aromatic N) is 1. The Morgan fingerprint density at radius 1 is 1.04 bits per heavy atom. The zero-order chi connectivity index (χ0) is 18.6. The van der Waals surface area contributed by atoms with Gasteiger partial charge in [0.15, 0.2) is 0 Å². The second-order valence-corrected chi connectivity index (χ2v) is 9.31. The zero-order valence-electron chi connectivity index (χ0n) is 14.8. The van der Waals surface area contributed by atoms with Crippen molar-refractivity contribution in [2.75, 3.05) is 13.1 Å². The summed E-state index contributed by atoms with van der Waals surface area (Å²) in [6.45, 7) is 2.08. The summed E-state index contributed by atoms with van der Waals surface area (Å²) >= 11 is 0. The highest BCUT2D eigenvalue weighted by Crippen LogP contribution is 2.42. The van der Waals surface area contributed by atoms with E-state index in [9.17, 15) is 12.8 Å². The minimum absolute atomic E-state index is 0.0299. The molecule has 0 aliphatic carbocycles. The van der Waals surface area contributed by atoms with Crippen molar-refractivity contribution in [3.8, 4) is 0 Å². The van der Waals surface area contributed by atoms with Crippen molar-refractivity contribution in [1.82, 2.24) is 4.90 Å². The van der Waals surface area contributed by atoms with Gasteiger partial charge in [0.1, 0.15) is 17.2 Å². The molecule has 0 saturated carbocycles. The van der Waals surface area contributed by atoms with Crippen LogP contribution in [0.5, 0.6) is 0 Å². The van der Waals surface area contributed by atoms with Gasteiger partial charge < -0.3 is 4.42 Å². The lowest BCUT2D eigenvalue weighted by atomic mass is 9.91. The topological polar surface area (TPSA) is 50.5 Å². The number of hydrogen-bond donors (Lipinski definition) is 0. The van der Waals surface area contributed by atoms with E-state index in [1.54, 1.807) is 18.2 Å². The molecule has 0 amide bonds. The number of piperidine rings is 1. The molecule has 140 valence electrons. The lowest BCUT2D eigenvalue weighted by molar-refractivity contribution is 0.120. The predicted molar refractivity (Wildman–Crippen MR) is 99.9 cm³/mol. The molecule has 27 heavy (non-hydrogen) atoms. The van der Waals surface area contributed by atoms with Crippen molar-refractivity contribution >= 4 is 20.8 Å². The largest absolute Gasteiger partial charge is 0.459 e. The van der Waals surface area contributed by atoms with Gasteiger partial charge in [-0.25, -0.2) is 12.8 Å². The first-order valence-electron chi connectivity index (χ1n) is 9.34. The number of rotatable bonds is 2. The Hall–Kier alpha value is -2.18. The first kappa shape index (κ1) is 17.0. The summed E-state index contributed by atoms with van der Waals surface area (Å²) in [5.41, 5.74) is 1.86. The highest BCUT2D eigenvalue weighted by molar-refractivity contribution is 7.91. The maximum absolute atomic E-state index is 13.5. The minimum atomic E-state index is -3.77. The van der Waals surface area contributed by atoms with Crippen LogP contribution in [-0.2, 0) is 16.3 Å². The van der Waals surface area contributed by atoms with E-state index in [-0.39, 0.29) is 9.79 Å². The predicted octanol–water partition coefficient (Wildman–Crippen LogP) is 4.49. The Morgan fingerprint density at radius 3 is 2.74 bits per heavy atom. The third kappa shape index (κ3) is 2.70. The fourth-order valence-corrected chi connectivity index (χ4v) is 5.74. The molecule has 3 heterocycles. The van der Waals surface area contributed by atoms with E-state index in [2.05, 4.69) is 4.90 Å². The Balaban J connectivity index is 1.62. The molecule has 0 N–H and O–H groups in total. The SMILES string of the molecule is O=S(=O)(c1cccc(F)c1)c1ccc2oc3c(c2c1)CCN1CCCCC31. The van der Waals surface area contributed by atoms with Gasteiger partial charge in [0.05, 0.1) is 15.8 Å². The summed E-state index contributed by atoms with van der Waals surface area (Å²) in [7, 11) is -3.77. The van der Waals surface area contributed by atoms with Crippen LogP contribution in [0.4, 0.5) is 4.39 Å². The molecule has 0 spiro atoms. The van der Waals surface area contributed by atoms with Crippen LogP contribution in [-0.4, -0.2) is 26.4 Å². The standard InChI is InChI=1S/C21H20FNO3S/c22-14-4-3-5-15(12-14)27(24,25)16-7-8-20-18(13-16)17-9-11-23-10-2-1-6-19(23)21(17)26-20/h3-5,7-8,12-13,19H,1-2,6,9-11H2. The quantitative estimate of drug-likeness (QED) is 0.652. The van der Waals surface area contributed by atoms with E-state index in [1.165, 1.54) is 31.0 Å². The maximum atomic E-state index is 13.5. The summed E-state index contributed by atoms with van der Waals surface area (Å²) in [6, 6.07) is 10.4. The molecule has 3 aromatic rings. The monoisotopic (exact) mass is 385 g/mol. The molecule has 4 nitrogen and oxygen atoms in total. The third-order valence-corrected chi connectivity index (χ3v) is 7.52. The number of hydrogen-bond acceptors (Lipinski definition) is 4. The van der Waals surface area contributed by atoms with E-state index in [0.29, 0.717) is 6.04 Å². The van der Waals surface area contributed by atoms with Gasteiger partial charge in [0.25, 0.3) is 0 Å². The zero-order valence-corrected chi connectivity index (χ0v) is 15.6. The van der Waals surface area contributed by atoms with Crippen LogP contribution < -0.4 is 0 Å². The van der Waals surface area contributed by atoms with E-state index in [4.69, 9.17) is 4.42 Å². The summed E-state index contributed by atoms with van der Waals surface area (Å²) < 4.78 is 45.6. The van der Waals surface area contributed by atoms with Crippen molar-refractivity contribution in [2.24, 2.45) is 0 Å². The van der Waals surface area contributed by atoms with Gasteiger partial charge >= 0.3 is 0 Å². The Bertz CT molecular complexity index is 1140. The van der Waals surface area contributed by atoms with Gasteiger partial charge in [0.2, 0.25) is 9.84 Å². The Kier molecular flexibility index (Phi) is 3.88. The van der Waals surface area contributed by atoms with Crippen LogP contribution in [0.2, 0.25) is 0 Å². The van der Waals surface area contributed by atoms with Crippen molar-refractivity contribution in [2.45, 2.75) is 41.5 Å². The fraction of sp³-hybridized carbons (Fsp3) is 0.333. The molecular formula is C21H20FNO3S. The van der Waals surface area contributed by atoms with Crippen LogP contribution in [0.3, 0.4) is 0 Å². The molecule has 1 saturated heterocycles. The van der Waals surface area contributed by atoms with Crippen molar-refractivity contribution in [3.63, 3.8) is 0 Å². The van der Waals surface area contributed by atoms with Crippen molar-refractivity contribution < 1.29 is 17.2 Å². The highest BCUT2D eigenvalue weighted by Gasteiger charge is 2.34. The normalized spacial score (nSPS) is 20.4. The molecule has 0 radical (unpaired) electrons. The Morgan fingerprint density at radius 2 is 1.89 bits per heavy atom. The van der Waals surface area contributed by atoms with Gasteiger partial charge in [0, 0.05) is 17.5 Å². The molecular weight excluding hydrogens is 365 g/mol. The molecule has 1 unspecified atom stereocenters. The van der Waals surface area contributed by atoms with Crippen molar-refractivity contribution in [1.29, 1.82) is 0 Å². The minimum Gasteiger partial charge on any atom is -0.459 e. The van der Waals surface area contributed by atoms with Crippen LogP contribution in [0, 0.1) is 5.82 Å². The van der Waals surface area contributed by atoms with E-state index in [1.807, 2.05) is 0 Å². The number of sulfone groups is 1. The first-order chi connectivity index (χ1) is 13.0. The summed E-state index contributed by atoms with van der Waals surface area (Å²) in [5.74, 6) is 0.437. The number of fused-ring (bicyclic) bond motifs is 5. The maximum Gasteiger partial charge on any atom is 0.206 e. The molecule has 5 rings (SSSR count). The van der Waals surface area contributed by atoms with E-state index < -0.39 is 15.7 Å². The Labute approximate surface area is 157 Å². The molecule has 2 aromatic carbocycles. The van der Waals surface area contributed by atoms with Gasteiger partial charge in [-0.05, 0) is 62.2 Å². The molecule has 0 bridgehead atoms. The second-order valence-electron chi connectivity index (χ2n) is 7.36. The number of halogens is 1. The van der Waals surface area contributed by atoms with Crippen LogP contribution in [0.15, 0.2) is 56.7 Å². The molecule has 1 aromatic heterocycles. The third-order valence-electron chi connectivity index (χ3n) is 5.78. The van der Waals surface area contributed by atoms with Crippen LogP contribution in [0.25, 0.3) is 11.0 Å². The molecule has 1 atom stereocenters. The second kappa shape index (κ2) is 6.17. The first-order valence-corrected chi connectivity index (χ1v) is 10.8. The molecule has 6 heteroatoms. The van der Waals surface area contributed by atoms with Gasteiger partial charge in [-0.3, -0.25) is 4.90 Å². The smallest absolute Gasteiger partial charge is 0.206 e. The molecule has 2 aliphatic heterocycles. The van der Waals surface area contributed by atoms with Crippen LogP contribution in [0.1, 0.15) is 36.6 Å². The van der Waals surface area contributed by atoms with E-state index >= 15 is 0 Å². The summed E-state index contributed by atoms with van der Waals surface area (Å²) in [4.78, 5) is 2.62. The summed E-state index contributed by atoms with van der Waals surface area (Å²) in [5, 5.41) is 0.868. The summed E-state index contributed by atoms with van der Waals surface area (Å²) in [6.07, 6.45) is 4.36. The van der Waals surface area contributed by atoms with Crippen LogP contribution >= 0.6 is 0 Å². The van der Waals surface area contributed by atoms with Gasteiger partial charge in [-0.15, -0.1) is 0 Å². The molecule has 1 fully saturated rings. The number of furan rings is 1. The lowest BCUT2D eigenvalue weighted by Gasteiger charge is -2.38. The van der Waals surface area contributed by atoms with Gasteiger partial charge in [-0.1, -0.05) is 12.5 Å². The number of benzene rings is 2. The average Bonchev–Trinajstić information content (AvgIpc) is 3.06. The molecule has 2 aliphatic rings. The highest BCUT2D eigenvalue weighted by atomic mass is 32.2. The average molecular weight is 385 g/mol.